The first kappa shape index (κ1) is 50.4. The highest BCUT2D eigenvalue weighted by Gasteiger charge is 2.21. The summed E-state index contributed by atoms with van der Waals surface area (Å²) in [6, 6.07) is -0.652. The molecule has 3 unspecified atom stereocenters. The van der Waals surface area contributed by atoms with Crippen molar-refractivity contribution in [1.82, 2.24) is 5.32 Å². The molecule has 0 radical (unpaired) electrons. The van der Waals surface area contributed by atoms with E-state index in [1.54, 1.807) is 0 Å². The first-order valence-electron chi connectivity index (χ1n) is 23.3. The molecule has 306 valence electrons. The highest BCUT2D eigenvalue weighted by molar-refractivity contribution is 5.76. The van der Waals surface area contributed by atoms with E-state index in [1.165, 1.54) is 205 Å². The van der Waals surface area contributed by atoms with Gasteiger partial charge in [-0.05, 0) is 12.8 Å². The van der Waals surface area contributed by atoms with Gasteiger partial charge in [0, 0.05) is 0 Å². The van der Waals surface area contributed by atoms with Gasteiger partial charge in [-0.2, -0.15) is 0 Å². The van der Waals surface area contributed by atoms with Gasteiger partial charge in [-0.15, -0.1) is 0 Å². The molecule has 0 aromatic rings. The van der Waals surface area contributed by atoms with E-state index in [0.29, 0.717) is 12.8 Å². The zero-order valence-electron chi connectivity index (χ0n) is 34.8. The van der Waals surface area contributed by atoms with Crippen LogP contribution >= 0.6 is 0 Å². The number of nitrogens with one attached hydrogen (secondary N) is 1. The summed E-state index contributed by atoms with van der Waals surface area (Å²) in [5.41, 5.74) is 0. The van der Waals surface area contributed by atoms with Gasteiger partial charge in [0.2, 0.25) is 5.91 Å². The first-order chi connectivity index (χ1) is 25.0. The predicted octanol–water partition coefficient (Wildman–Crippen LogP) is 13.4. The Balaban J connectivity index is 3.56. The second kappa shape index (κ2) is 42.1. The van der Waals surface area contributed by atoms with Gasteiger partial charge < -0.3 is 20.6 Å². The zero-order valence-corrected chi connectivity index (χ0v) is 34.8. The van der Waals surface area contributed by atoms with E-state index in [2.05, 4.69) is 19.2 Å². The largest absolute Gasteiger partial charge is 0.394 e. The third-order valence-electron chi connectivity index (χ3n) is 11.2. The number of carbonyl (C=O) groups is 1. The van der Waals surface area contributed by atoms with E-state index in [0.717, 1.165) is 25.7 Å². The van der Waals surface area contributed by atoms with Gasteiger partial charge in [0.25, 0.3) is 0 Å². The van der Waals surface area contributed by atoms with Crippen LogP contribution in [0.1, 0.15) is 264 Å². The number of unbranched alkanes of at least 4 members (excludes halogenated alkanes) is 34. The number of aliphatic hydroxyl groups excluding tert-OH is 3. The molecule has 0 aromatic heterocycles. The molecule has 0 rings (SSSR count). The Morgan fingerprint density at radius 2 is 0.667 bits per heavy atom. The Morgan fingerprint density at radius 3 is 0.941 bits per heavy atom. The molecular weight excluding hydrogens is 631 g/mol. The molecule has 0 aliphatic carbocycles. The van der Waals surface area contributed by atoms with Crippen LogP contribution in [0.25, 0.3) is 0 Å². The Labute approximate surface area is 319 Å². The van der Waals surface area contributed by atoms with Crippen molar-refractivity contribution in [3.63, 3.8) is 0 Å². The molecule has 0 spiro atoms. The van der Waals surface area contributed by atoms with Crippen molar-refractivity contribution < 1.29 is 20.1 Å². The van der Waals surface area contributed by atoms with E-state index in [9.17, 15) is 20.1 Å². The minimum atomic E-state index is -0.744. The quantitative estimate of drug-likeness (QED) is 0.0472. The third kappa shape index (κ3) is 38.9. The molecule has 1 amide bonds. The minimum Gasteiger partial charge on any atom is -0.394 e. The number of carbonyl (C=O) groups excluding carboxylic acids is 1. The van der Waals surface area contributed by atoms with Gasteiger partial charge in [0.15, 0.2) is 0 Å². The van der Waals surface area contributed by atoms with Gasteiger partial charge in [-0.3, -0.25) is 4.79 Å². The summed E-state index contributed by atoms with van der Waals surface area (Å²) in [5, 5.41) is 33.5. The number of hydrogen-bond acceptors (Lipinski definition) is 4. The molecule has 5 nitrogen and oxygen atoms in total. The Kier molecular flexibility index (Phi) is 41.6. The summed E-state index contributed by atoms with van der Waals surface area (Å²) in [6.45, 7) is 4.29. The van der Waals surface area contributed by atoms with Gasteiger partial charge in [0.1, 0.15) is 0 Å². The summed E-state index contributed by atoms with van der Waals surface area (Å²) >= 11 is 0. The molecule has 0 saturated heterocycles. The summed E-state index contributed by atoms with van der Waals surface area (Å²) in [4.78, 5) is 12.5. The molecule has 4 N–H and O–H groups in total. The molecule has 0 aliphatic heterocycles. The standard InChI is InChI=1S/C46H93NO4/c1-3-5-7-9-11-13-15-17-19-21-22-24-26-28-30-32-34-36-38-40-45(50)44(42-48)47-46(51)41-43(49)39-37-35-33-31-29-27-25-23-20-18-16-14-12-10-8-6-4-2/h43-45,48-50H,3-42H2,1-2H3,(H,47,51). The maximum atomic E-state index is 12.5. The van der Waals surface area contributed by atoms with E-state index in [4.69, 9.17) is 0 Å². The average molecular weight is 724 g/mol. The highest BCUT2D eigenvalue weighted by atomic mass is 16.3. The number of hydrogen-bond donors (Lipinski definition) is 4. The van der Waals surface area contributed by atoms with Crippen molar-refractivity contribution in [1.29, 1.82) is 0 Å². The lowest BCUT2D eigenvalue weighted by Gasteiger charge is -2.23. The van der Waals surface area contributed by atoms with Gasteiger partial charge in [-0.25, -0.2) is 0 Å². The normalized spacial score (nSPS) is 13.4. The third-order valence-corrected chi connectivity index (χ3v) is 11.2. The smallest absolute Gasteiger partial charge is 0.222 e. The highest BCUT2D eigenvalue weighted by Crippen LogP contribution is 2.17. The van der Waals surface area contributed by atoms with Crippen LogP contribution in [-0.4, -0.2) is 46.1 Å². The van der Waals surface area contributed by atoms with Crippen molar-refractivity contribution in [2.45, 2.75) is 283 Å². The summed E-state index contributed by atoms with van der Waals surface area (Å²) in [6.07, 6.45) is 47.9. The molecule has 0 saturated carbocycles. The van der Waals surface area contributed by atoms with Gasteiger partial charge in [-0.1, -0.05) is 245 Å². The average Bonchev–Trinajstić information content (AvgIpc) is 3.12. The SMILES string of the molecule is CCCCCCCCCCCCCCCCCCCCCC(O)C(CO)NC(=O)CC(O)CCCCCCCCCCCCCCCCCCC. The maximum absolute atomic E-state index is 12.5. The second-order valence-corrected chi connectivity index (χ2v) is 16.4. The summed E-state index contributed by atoms with van der Waals surface area (Å²) in [7, 11) is 0. The van der Waals surface area contributed by atoms with Crippen molar-refractivity contribution in [2.75, 3.05) is 6.61 Å². The topological polar surface area (TPSA) is 89.8 Å². The lowest BCUT2D eigenvalue weighted by atomic mass is 10.0. The van der Waals surface area contributed by atoms with Crippen LogP contribution in [-0.2, 0) is 4.79 Å². The van der Waals surface area contributed by atoms with Crippen molar-refractivity contribution >= 4 is 5.91 Å². The molecule has 3 atom stereocenters. The van der Waals surface area contributed by atoms with Crippen molar-refractivity contribution in [2.24, 2.45) is 0 Å². The minimum absolute atomic E-state index is 0.0430. The van der Waals surface area contributed by atoms with Gasteiger partial charge >= 0.3 is 0 Å². The molecule has 0 fully saturated rings. The van der Waals surface area contributed by atoms with Crippen LogP contribution < -0.4 is 5.32 Å². The second-order valence-electron chi connectivity index (χ2n) is 16.4. The molecule has 0 aromatic carbocycles. The van der Waals surface area contributed by atoms with Crippen molar-refractivity contribution in [3.8, 4) is 0 Å². The lowest BCUT2D eigenvalue weighted by Crippen LogP contribution is -2.46. The van der Waals surface area contributed by atoms with E-state index >= 15 is 0 Å². The maximum Gasteiger partial charge on any atom is 0.222 e. The lowest BCUT2D eigenvalue weighted by molar-refractivity contribution is -0.125. The fourth-order valence-electron chi connectivity index (χ4n) is 7.58. The van der Waals surface area contributed by atoms with Gasteiger partial charge in [0.05, 0.1) is 31.3 Å². The van der Waals surface area contributed by atoms with Crippen LogP contribution in [0.15, 0.2) is 0 Å². The molecule has 0 bridgehead atoms. The fraction of sp³-hybridized carbons (Fsp3) is 0.978. The molecule has 0 aliphatic rings. The van der Waals surface area contributed by atoms with Crippen LogP contribution in [0.2, 0.25) is 0 Å². The Hall–Kier alpha value is -0.650. The summed E-state index contributed by atoms with van der Waals surface area (Å²) in [5.74, 6) is -0.277. The zero-order chi connectivity index (χ0) is 37.3. The van der Waals surface area contributed by atoms with E-state index in [1.807, 2.05) is 0 Å². The fourth-order valence-corrected chi connectivity index (χ4v) is 7.58. The molecular formula is C46H93NO4. The number of amides is 1. The Morgan fingerprint density at radius 1 is 0.412 bits per heavy atom. The summed E-state index contributed by atoms with van der Waals surface area (Å²) < 4.78 is 0. The van der Waals surface area contributed by atoms with Crippen molar-refractivity contribution in [3.05, 3.63) is 0 Å². The first-order valence-corrected chi connectivity index (χ1v) is 23.3. The molecule has 0 heterocycles. The Bertz CT molecular complexity index is 674. The van der Waals surface area contributed by atoms with Crippen LogP contribution in [0, 0.1) is 0 Å². The van der Waals surface area contributed by atoms with Crippen LogP contribution in [0.4, 0.5) is 0 Å². The number of rotatable bonds is 43. The van der Waals surface area contributed by atoms with E-state index < -0.39 is 18.2 Å². The van der Waals surface area contributed by atoms with Crippen LogP contribution in [0.5, 0.6) is 0 Å². The van der Waals surface area contributed by atoms with Crippen LogP contribution in [0.3, 0.4) is 0 Å². The molecule has 5 heteroatoms. The number of aliphatic hydroxyl groups is 3. The van der Waals surface area contributed by atoms with E-state index in [-0.39, 0.29) is 18.9 Å². The molecule has 51 heavy (non-hydrogen) atoms. The predicted molar refractivity (Wildman–Crippen MR) is 222 cm³/mol. The monoisotopic (exact) mass is 724 g/mol.